The van der Waals surface area contributed by atoms with Crippen LogP contribution in [0.5, 0.6) is 0 Å². The van der Waals surface area contributed by atoms with Gasteiger partial charge in [0.25, 0.3) is 0 Å². The molecule has 0 spiro atoms. The fourth-order valence-electron chi connectivity index (χ4n) is 1.69. The molecule has 0 aromatic carbocycles. The van der Waals surface area contributed by atoms with E-state index in [-0.39, 0.29) is 0 Å². The normalized spacial score (nSPS) is 24.6. The third-order valence-corrected chi connectivity index (χ3v) is 2.36. The zero-order valence-corrected chi connectivity index (χ0v) is 8.75. The van der Waals surface area contributed by atoms with Crippen LogP contribution in [0, 0.1) is 0 Å². The lowest BCUT2D eigenvalue weighted by atomic mass is 10.0. The fraction of sp³-hybridized carbons (Fsp3) is 0.818. The van der Waals surface area contributed by atoms with Crippen molar-refractivity contribution < 1.29 is 4.74 Å². The molecule has 0 heterocycles. The largest absolute Gasteiger partial charge is 0.380 e. The van der Waals surface area contributed by atoms with Crippen molar-refractivity contribution in [3.05, 3.63) is 12.2 Å². The van der Waals surface area contributed by atoms with Gasteiger partial charge in [-0.15, -0.1) is 0 Å². The van der Waals surface area contributed by atoms with Gasteiger partial charge in [0, 0.05) is 18.7 Å². The van der Waals surface area contributed by atoms with Gasteiger partial charge in [0.05, 0.1) is 6.61 Å². The van der Waals surface area contributed by atoms with Gasteiger partial charge in [0.2, 0.25) is 0 Å². The minimum Gasteiger partial charge on any atom is -0.380 e. The Bertz CT molecular complexity index is 156. The molecule has 2 atom stereocenters. The van der Waals surface area contributed by atoms with Gasteiger partial charge in [-0.1, -0.05) is 12.2 Å². The van der Waals surface area contributed by atoms with E-state index in [0.29, 0.717) is 12.1 Å². The van der Waals surface area contributed by atoms with Crippen LogP contribution in [0.4, 0.5) is 0 Å². The second-order valence-corrected chi connectivity index (χ2v) is 3.71. The molecule has 0 bridgehead atoms. The Hall–Kier alpha value is -0.340. The summed E-state index contributed by atoms with van der Waals surface area (Å²) in [5.74, 6) is 0. The minimum atomic E-state index is 0.483. The van der Waals surface area contributed by atoms with Crippen molar-refractivity contribution in [3.63, 3.8) is 0 Å². The molecule has 13 heavy (non-hydrogen) atoms. The lowest BCUT2D eigenvalue weighted by Gasteiger charge is -2.23. The van der Waals surface area contributed by atoms with Gasteiger partial charge in [-0.05, 0) is 33.1 Å². The van der Waals surface area contributed by atoms with Crippen molar-refractivity contribution in [3.8, 4) is 0 Å². The molecule has 2 heteroatoms. The van der Waals surface area contributed by atoms with Crippen LogP contribution in [-0.2, 0) is 4.74 Å². The topological polar surface area (TPSA) is 21.3 Å². The van der Waals surface area contributed by atoms with E-state index >= 15 is 0 Å². The van der Waals surface area contributed by atoms with Gasteiger partial charge < -0.3 is 10.1 Å². The Morgan fingerprint density at radius 3 is 3.00 bits per heavy atom. The molecule has 0 fully saturated rings. The number of ether oxygens (including phenoxy) is 1. The molecular weight excluding hydrogens is 162 g/mol. The summed E-state index contributed by atoms with van der Waals surface area (Å²) in [7, 11) is 0. The molecule has 2 unspecified atom stereocenters. The average molecular weight is 183 g/mol. The molecule has 1 N–H and O–H groups in total. The minimum absolute atomic E-state index is 0.483. The van der Waals surface area contributed by atoms with E-state index in [9.17, 15) is 0 Å². The highest BCUT2D eigenvalue weighted by Gasteiger charge is 2.11. The van der Waals surface area contributed by atoms with Gasteiger partial charge in [-0.2, -0.15) is 0 Å². The first-order chi connectivity index (χ1) is 6.33. The number of hydrogen-bond acceptors (Lipinski definition) is 2. The molecule has 0 saturated carbocycles. The summed E-state index contributed by atoms with van der Waals surface area (Å²) in [4.78, 5) is 0. The first-order valence-corrected chi connectivity index (χ1v) is 5.31. The predicted octanol–water partition coefficient (Wildman–Crippen LogP) is 2.11. The molecule has 1 aliphatic carbocycles. The summed E-state index contributed by atoms with van der Waals surface area (Å²) in [5.41, 5.74) is 0. The van der Waals surface area contributed by atoms with Crippen LogP contribution >= 0.6 is 0 Å². The Morgan fingerprint density at radius 2 is 2.38 bits per heavy atom. The van der Waals surface area contributed by atoms with E-state index in [0.717, 1.165) is 13.2 Å². The molecule has 0 saturated heterocycles. The quantitative estimate of drug-likeness (QED) is 0.659. The highest BCUT2D eigenvalue weighted by atomic mass is 16.5. The van der Waals surface area contributed by atoms with Gasteiger partial charge in [-0.25, -0.2) is 0 Å². The number of allylic oxidation sites excluding steroid dienone is 1. The third-order valence-electron chi connectivity index (χ3n) is 2.36. The van der Waals surface area contributed by atoms with Gasteiger partial charge >= 0.3 is 0 Å². The maximum Gasteiger partial charge on any atom is 0.0616 e. The lowest BCUT2D eigenvalue weighted by molar-refractivity contribution is 0.123. The third kappa shape index (κ3) is 4.44. The van der Waals surface area contributed by atoms with E-state index in [1.54, 1.807) is 0 Å². The van der Waals surface area contributed by atoms with Gasteiger partial charge in [0.1, 0.15) is 0 Å². The number of hydrogen-bond donors (Lipinski definition) is 1. The van der Waals surface area contributed by atoms with E-state index in [4.69, 9.17) is 4.74 Å². The first-order valence-electron chi connectivity index (χ1n) is 5.31. The zero-order chi connectivity index (χ0) is 9.52. The Morgan fingerprint density at radius 1 is 1.54 bits per heavy atom. The SMILES string of the molecule is CCOCC(C)NC1CC=CCC1. The van der Waals surface area contributed by atoms with Crippen molar-refractivity contribution in [1.29, 1.82) is 0 Å². The van der Waals surface area contributed by atoms with Crippen LogP contribution in [0.3, 0.4) is 0 Å². The second-order valence-electron chi connectivity index (χ2n) is 3.71. The molecule has 1 aliphatic rings. The maximum absolute atomic E-state index is 5.36. The zero-order valence-electron chi connectivity index (χ0n) is 8.75. The van der Waals surface area contributed by atoms with Crippen molar-refractivity contribution in [1.82, 2.24) is 5.32 Å². The van der Waals surface area contributed by atoms with Crippen molar-refractivity contribution in [2.75, 3.05) is 13.2 Å². The van der Waals surface area contributed by atoms with Crippen LogP contribution in [-0.4, -0.2) is 25.3 Å². The summed E-state index contributed by atoms with van der Waals surface area (Å²) >= 11 is 0. The summed E-state index contributed by atoms with van der Waals surface area (Å²) in [6, 6.07) is 1.15. The van der Waals surface area contributed by atoms with Crippen molar-refractivity contribution >= 4 is 0 Å². The summed E-state index contributed by atoms with van der Waals surface area (Å²) in [6.07, 6.45) is 8.21. The summed E-state index contributed by atoms with van der Waals surface area (Å²) in [5, 5.41) is 3.58. The molecule has 0 aromatic rings. The molecule has 0 aliphatic heterocycles. The molecular formula is C11H21NO. The number of rotatable bonds is 5. The first kappa shape index (κ1) is 10.7. The molecule has 1 rings (SSSR count). The van der Waals surface area contributed by atoms with Gasteiger partial charge in [0.15, 0.2) is 0 Å². The molecule has 0 amide bonds. The van der Waals surface area contributed by atoms with Gasteiger partial charge in [-0.3, -0.25) is 0 Å². The average Bonchev–Trinajstić information content (AvgIpc) is 2.16. The molecule has 0 radical (unpaired) electrons. The van der Waals surface area contributed by atoms with E-state index in [2.05, 4.69) is 24.4 Å². The van der Waals surface area contributed by atoms with E-state index < -0.39 is 0 Å². The molecule has 0 aromatic heterocycles. The van der Waals surface area contributed by atoms with Crippen LogP contribution in [0.25, 0.3) is 0 Å². The Labute approximate surface area is 81.4 Å². The smallest absolute Gasteiger partial charge is 0.0616 e. The second kappa shape index (κ2) is 6.17. The fourth-order valence-corrected chi connectivity index (χ4v) is 1.69. The lowest BCUT2D eigenvalue weighted by Crippen LogP contribution is -2.39. The molecule has 76 valence electrons. The van der Waals surface area contributed by atoms with Crippen LogP contribution in [0.15, 0.2) is 12.2 Å². The number of nitrogens with one attached hydrogen (secondary N) is 1. The van der Waals surface area contributed by atoms with E-state index in [1.165, 1.54) is 19.3 Å². The van der Waals surface area contributed by atoms with Crippen LogP contribution in [0.2, 0.25) is 0 Å². The highest BCUT2D eigenvalue weighted by molar-refractivity contribution is 4.93. The van der Waals surface area contributed by atoms with Crippen molar-refractivity contribution in [2.24, 2.45) is 0 Å². The maximum atomic E-state index is 5.36. The summed E-state index contributed by atoms with van der Waals surface area (Å²) < 4.78 is 5.36. The monoisotopic (exact) mass is 183 g/mol. The van der Waals surface area contributed by atoms with Crippen molar-refractivity contribution in [2.45, 2.75) is 45.2 Å². The predicted molar refractivity (Wildman–Crippen MR) is 55.9 cm³/mol. The van der Waals surface area contributed by atoms with E-state index in [1.807, 2.05) is 6.92 Å². The Balaban J connectivity index is 2.11. The summed E-state index contributed by atoms with van der Waals surface area (Å²) in [6.45, 7) is 5.87. The molecule has 2 nitrogen and oxygen atoms in total. The van der Waals surface area contributed by atoms with Crippen LogP contribution in [0.1, 0.15) is 33.1 Å². The highest BCUT2D eigenvalue weighted by Crippen LogP contribution is 2.10. The van der Waals surface area contributed by atoms with Crippen LogP contribution < -0.4 is 5.32 Å². The standard InChI is InChI=1S/C11H21NO/c1-3-13-9-10(2)12-11-7-5-4-6-8-11/h4-5,10-12H,3,6-9H2,1-2H3. The Kier molecular flexibility index (Phi) is 5.09.